The number of nitrogens with zero attached hydrogens (tertiary/aromatic N) is 1. The van der Waals surface area contributed by atoms with Crippen molar-refractivity contribution >= 4 is 12.0 Å². The molecule has 132 valence electrons. The first-order valence-corrected chi connectivity index (χ1v) is 8.68. The Morgan fingerprint density at radius 2 is 1.80 bits per heavy atom. The Hall–Kier alpha value is -2.43. The van der Waals surface area contributed by atoms with Gasteiger partial charge < -0.3 is 0 Å². The fraction of sp³-hybridized carbons (Fsp3) is 0.286. The Morgan fingerprint density at radius 1 is 1.08 bits per heavy atom. The Kier molecular flexibility index (Phi) is 7.89. The number of carbonyl (C=O) groups excluding carboxylic acids is 1. The van der Waals surface area contributed by atoms with E-state index in [1.165, 1.54) is 17.2 Å². The molecule has 2 rings (SSSR count). The molecule has 0 atom stereocenters. The van der Waals surface area contributed by atoms with Gasteiger partial charge in [0.25, 0.3) is 5.91 Å². The van der Waals surface area contributed by atoms with E-state index in [4.69, 9.17) is 5.21 Å². The molecule has 0 bridgehead atoms. The van der Waals surface area contributed by atoms with Crippen molar-refractivity contribution in [3.8, 4) is 0 Å². The molecular weight excluding hydrogens is 312 g/mol. The lowest BCUT2D eigenvalue weighted by molar-refractivity contribution is -0.124. The highest BCUT2D eigenvalue weighted by Crippen LogP contribution is 2.10. The van der Waals surface area contributed by atoms with Crippen molar-refractivity contribution < 1.29 is 10.0 Å². The number of rotatable bonds is 9. The summed E-state index contributed by atoms with van der Waals surface area (Å²) in [6.45, 7) is 5.20. The molecule has 0 aliphatic carbocycles. The molecule has 0 aliphatic heterocycles. The van der Waals surface area contributed by atoms with Gasteiger partial charge in [-0.15, -0.1) is 0 Å². The van der Waals surface area contributed by atoms with Crippen molar-refractivity contribution in [3.63, 3.8) is 0 Å². The van der Waals surface area contributed by atoms with Gasteiger partial charge in [-0.1, -0.05) is 61.5 Å². The van der Waals surface area contributed by atoms with Crippen molar-refractivity contribution in [1.82, 2.24) is 10.4 Å². The van der Waals surface area contributed by atoms with Gasteiger partial charge in [0, 0.05) is 12.6 Å². The fourth-order valence-corrected chi connectivity index (χ4v) is 2.70. The number of hydrogen-bond acceptors (Lipinski definition) is 3. The van der Waals surface area contributed by atoms with Crippen LogP contribution in [-0.4, -0.2) is 29.1 Å². The Balaban J connectivity index is 1.82. The van der Waals surface area contributed by atoms with Crippen LogP contribution in [0, 0.1) is 0 Å². The molecule has 0 unspecified atom stereocenters. The number of hydroxylamine groups is 1. The summed E-state index contributed by atoms with van der Waals surface area (Å²) in [4.78, 5) is 13.4. The fourth-order valence-electron chi connectivity index (χ4n) is 2.70. The number of benzene rings is 2. The summed E-state index contributed by atoms with van der Waals surface area (Å²) < 4.78 is 0. The predicted molar refractivity (Wildman–Crippen MR) is 101 cm³/mol. The number of hydrogen-bond donors (Lipinski definition) is 2. The SMILES string of the molecule is CCN(CCCc1ccccc1)Cc1ccc(C=CC(=O)NO)cc1. The van der Waals surface area contributed by atoms with E-state index in [0.29, 0.717) is 0 Å². The van der Waals surface area contributed by atoms with E-state index in [9.17, 15) is 4.79 Å². The van der Waals surface area contributed by atoms with Gasteiger partial charge in [0.1, 0.15) is 0 Å². The molecule has 0 aromatic heterocycles. The first-order valence-electron chi connectivity index (χ1n) is 8.68. The summed E-state index contributed by atoms with van der Waals surface area (Å²) in [5.74, 6) is -0.528. The topological polar surface area (TPSA) is 52.6 Å². The van der Waals surface area contributed by atoms with Crippen molar-refractivity contribution in [1.29, 1.82) is 0 Å². The van der Waals surface area contributed by atoms with Crippen LogP contribution in [0.25, 0.3) is 6.08 Å². The molecule has 0 spiro atoms. The Labute approximate surface area is 149 Å². The molecule has 2 aromatic rings. The van der Waals surface area contributed by atoms with E-state index >= 15 is 0 Å². The number of aryl methyl sites for hydroxylation is 1. The third-order valence-electron chi connectivity index (χ3n) is 4.15. The van der Waals surface area contributed by atoms with E-state index in [0.717, 1.165) is 38.0 Å². The van der Waals surface area contributed by atoms with Crippen LogP contribution < -0.4 is 5.48 Å². The van der Waals surface area contributed by atoms with Gasteiger partial charge in [-0.25, -0.2) is 5.48 Å². The first-order chi connectivity index (χ1) is 12.2. The minimum atomic E-state index is -0.528. The van der Waals surface area contributed by atoms with E-state index in [2.05, 4.69) is 54.3 Å². The molecule has 1 amide bonds. The molecule has 0 heterocycles. The molecule has 0 saturated heterocycles. The Bertz CT molecular complexity index is 666. The van der Waals surface area contributed by atoms with Gasteiger partial charge in [-0.2, -0.15) is 0 Å². The van der Waals surface area contributed by atoms with Crippen LogP contribution in [0.15, 0.2) is 60.7 Å². The van der Waals surface area contributed by atoms with Gasteiger partial charge in [-0.05, 0) is 48.7 Å². The molecule has 0 radical (unpaired) electrons. The second-order valence-electron chi connectivity index (χ2n) is 6.01. The number of carbonyl (C=O) groups is 1. The molecule has 0 fully saturated rings. The molecule has 2 aromatic carbocycles. The molecule has 2 N–H and O–H groups in total. The normalized spacial score (nSPS) is 11.2. The summed E-state index contributed by atoms with van der Waals surface area (Å²) in [5.41, 5.74) is 5.15. The molecular formula is C21H26N2O2. The van der Waals surface area contributed by atoms with Gasteiger partial charge in [-0.3, -0.25) is 14.9 Å². The van der Waals surface area contributed by atoms with Crippen molar-refractivity contribution in [2.75, 3.05) is 13.1 Å². The van der Waals surface area contributed by atoms with Crippen LogP contribution in [0.5, 0.6) is 0 Å². The smallest absolute Gasteiger partial charge is 0.267 e. The lowest BCUT2D eigenvalue weighted by Gasteiger charge is -2.20. The van der Waals surface area contributed by atoms with Crippen LogP contribution >= 0.6 is 0 Å². The van der Waals surface area contributed by atoms with E-state index < -0.39 is 5.91 Å². The van der Waals surface area contributed by atoms with Gasteiger partial charge in [0.05, 0.1) is 0 Å². The van der Waals surface area contributed by atoms with Crippen LogP contribution in [-0.2, 0) is 17.8 Å². The zero-order valence-corrected chi connectivity index (χ0v) is 14.7. The van der Waals surface area contributed by atoms with Crippen molar-refractivity contribution in [3.05, 3.63) is 77.4 Å². The highest BCUT2D eigenvalue weighted by atomic mass is 16.5. The molecule has 0 aliphatic rings. The van der Waals surface area contributed by atoms with Gasteiger partial charge >= 0.3 is 0 Å². The third-order valence-corrected chi connectivity index (χ3v) is 4.15. The lowest BCUT2D eigenvalue weighted by Crippen LogP contribution is -2.24. The molecule has 25 heavy (non-hydrogen) atoms. The van der Waals surface area contributed by atoms with Crippen LogP contribution in [0.1, 0.15) is 30.0 Å². The van der Waals surface area contributed by atoms with Crippen LogP contribution in [0.3, 0.4) is 0 Å². The maximum atomic E-state index is 11.0. The second kappa shape index (κ2) is 10.4. The standard InChI is InChI=1S/C21H26N2O2/c1-2-23(16-6-9-18-7-4-3-5-8-18)17-20-12-10-19(11-13-20)14-15-21(24)22-25/h3-5,7-8,10-15,25H,2,6,9,16-17H2,1H3,(H,22,24). The average molecular weight is 338 g/mol. The highest BCUT2D eigenvalue weighted by molar-refractivity contribution is 5.90. The first kappa shape index (κ1) is 18.9. The summed E-state index contributed by atoms with van der Waals surface area (Å²) in [5, 5.41) is 8.47. The van der Waals surface area contributed by atoms with Gasteiger partial charge in [0.15, 0.2) is 0 Å². The quantitative estimate of drug-likeness (QED) is 0.417. The minimum absolute atomic E-state index is 0.528. The maximum Gasteiger partial charge on any atom is 0.267 e. The third kappa shape index (κ3) is 6.91. The summed E-state index contributed by atoms with van der Waals surface area (Å²) in [7, 11) is 0. The zero-order valence-electron chi connectivity index (χ0n) is 14.7. The van der Waals surface area contributed by atoms with Crippen molar-refractivity contribution in [2.24, 2.45) is 0 Å². The van der Waals surface area contributed by atoms with Crippen LogP contribution in [0.4, 0.5) is 0 Å². The highest BCUT2D eigenvalue weighted by Gasteiger charge is 2.04. The predicted octanol–water partition coefficient (Wildman–Crippen LogP) is 3.66. The van der Waals surface area contributed by atoms with Crippen LogP contribution in [0.2, 0.25) is 0 Å². The van der Waals surface area contributed by atoms with E-state index in [-0.39, 0.29) is 0 Å². The monoisotopic (exact) mass is 338 g/mol. The summed E-state index contributed by atoms with van der Waals surface area (Å²) in [6.07, 6.45) is 5.23. The van der Waals surface area contributed by atoms with E-state index in [1.807, 2.05) is 12.1 Å². The number of amides is 1. The number of nitrogens with one attached hydrogen (secondary N) is 1. The van der Waals surface area contributed by atoms with Gasteiger partial charge in [0.2, 0.25) is 0 Å². The molecule has 0 saturated carbocycles. The maximum absolute atomic E-state index is 11.0. The Morgan fingerprint density at radius 3 is 2.44 bits per heavy atom. The lowest BCUT2D eigenvalue weighted by atomic mass is 10.1. The van der Waals surface area contributed by atoms with E-state index in [1.54, 1.807) is 11.6 Å². The molecule has 4 heteroatoms. The molecule has 4 nitrogen and oxygen atoms in total. The largest absolute Gasteiger partial charge is 0.299 e. The van der Waals surface area contributed by atoms with Crippen molar-refractivity contribution in [2.45, 2.75) is 26.3 Å². The summed E-state index contributed by atoms with van der Waals surface area (Å²) in [6, 6.07) is 18.7. The second-order valence-corrected chi connectivity index (χ2v) is 6.01. The average Bonchev–Trinajstić information content (AvgIpc) is 2.67. The summed E-state index contributed by atoms with van der Waals surface area (Å²) >= 11 is 0. The minimum Gasteiger partial charge on any atom is -0.299 e. The zero-order chi connectivity index (χ0) is 17.9.